The molecule has 2 aliphatic carbocycles. The van der Waals surface area contributed by atoms with Crippen molar-refractivity contribution in [3.8, 4) is 0 Å². The third kappa shape index (κ3) is 7.55. The van der Waals surface area contributed by atoms with Gasteiger partial charge >= 0.3 is 0 Å². The van der Waals surface area contributed by atoms with Crippen molar-refractivity contribution >= 4 is 11.6 Å². The fourth-order valence-electron chi connectivity index (χ4n) is 4.80. The molecule has 0 saturated heterocycles. The van der Waals surface area contributed by atoms with Crippen LogP contribution in [0.25, 0.3) is 0 Å². The van der Waals surface area contributed by atoms with Gasteiger partial charge in [-0.05, 0) is 18.3 Å². The lowest BCUT2D eigenvalue weighted by Gasteiger charge is -2.20. The lowest BCUT2D eigenvalue weighted by molar-refractivity contribution is 0.0957. The zero-order chi connectivity index (χ0) is 21.0. The molecule has 0 aliphatic heterocycles. The molecular formula is C28H36O2. The minimum atomic E-state index is 0.311. The van der Waals surface area contributed by atoms with Crippen molar-refractivity contribution in [3.63, 3.8) is 0 Å². The first-order valence-corrected chi connectivity index (χ1v) is 11.9. The summed E-state index contributed by atoms with van der Waals surface area (Å²) in [6.45, 7) is 0. The molecule has 0 amide bonds. The molecule has 2 aromatic carbocycles. The molecule has 2 aliphatic rings. The van der Waals surface area contributed by atoms with E-state index in [9.17, 15) is 9.59 Å². The Hall–Kier alpha value is -2.22. The van der Waals surface area contributed by atoms with Crippen molar-refractivity contribution in [3.05, 3.63) is 71.8 Å². The van der Waals surface area contributed by atoms with Crippen molar-refractivity contribution in [1.82, 2.24) is 0 Å². The number of carbonyl (C=O) groups excluding carboxylic acids is 2. The fourth-order valence-corrected chi connectivity index (χ4v) is 4.80. The van der Waals surface area contributed by atoms with Crippen LogP contribution in [0.4, 0.5) is 0 Å². The molecule has 30 heavy (non-hydrogen) atoms. The summed E-state index contributed by atoms with van der Waals surface area (Å²) in [6.07, 6.45) is 14.5. The summed E-state index contributed by atoms with van der Waals surface area (Å²) in [5.41, 5.74) is 1.75. The largest absolute Gasteiger partial charge is 0.294 e. The SMILES string of the molecule is O=C(CC1CCCC1)c1ccccc1.O=C(CCC1CCCCC1)c1ccccc1. The molecule has 0 N–H and O–H groups in total. The van der Waals surface area contributed by atoms with Gasteiger partial charge in [-0.15, -0.1) is 0 Å². The number of hydrogen-bond acceptors (Lipinski definition) is 2. The maximum atomic E-state index is 11.9. The first-order valence-electron chi connectivity index (χ1n) is 11.9. The monoisotopic (exact) mass is 404 g/mol. The van der Waals surface area contributed by atoms with E-state index in [4.69, 9.17) is 0 Å². The Morgan fingerprint density at radius 1 is 0.600 bits per heavy atom. The maximum absolute atomic E-state index is 11.9. The van der Waals surface area contributed by atoms with Crippen LogP contribution < -0.4 is 0 Å². The predicted octanol–water partition coefficient (Wildman–Crippen LogP) is 7.68. The van der Waals surface area contributed by atoms with Crippen LogP contribution in [0.5, 0.6) is 0 Å². The van der Waals surface area contributed by atoms with Crippen molar-refractivity contribution in [2.75, 3.05) is 0 Å². The van der Waals surface area contributed by atoms with Crippen LogP contribution in [0, 0.1) is 11.8 Å². The summed E-state index contributed by atoms with van der Waals surface area (Å²) in [5.74, 6) is 2.09. The molecule has 2 heteroatoms. The number of rotatable bonds is 7. The van der Waals surface area contributed by atoms with Gasteiger partial charge in [-0.3, -0.25) is 9.59 Å². The highest BCUT2D eigenvalue weighted by molar-refractivity contribution is 5.96. The lowest BCUT2D eigenvalue weighted by atomic mass is 9.85. The van der Waals surface area contributed by atoms with E-state index < -0.39 is 0 Å². The van der Waals surface area contributed by atoms with E-state index in [0.29, 0.717) is 17.5 Å². The van der Waals surface area contributed by atoms with Crippen LogP contribution >= 0.6 is 0 Å². The van der Waals surface area contributed by atoms with Crippen LogP contribution in [-0.2, 0) is 0 Å². The molecule has 2 saturated carbocycles. The highest BCUT2D eigenvalue weighted by Crippen LogP contribution is 2.29. The minimum absolute atomic E-state index is 0.311. The molecule has 0 bridgehead atoms. The molecule has 0 atom stereocenters. The second-order valence-corrected chi connectivity index (χ2v) is 8.98. The molecule has 2 fully saturated rings. The summed E-state index contributed by atoms with van der Waals surface area (Å²) in [6, 6.07) is 19.3. The Kier molecular flexibility index (Phi) is 9.34. The second-order valence-electron chi connectivity index (χ2n) is 8.98. The quantitative estimate of drug-likeness (QED) is 0.443. The average molecular weight is 405 g/mol. The van der Waals surface area contributed by atoms with E-state index in [1.165, 1.54) is 57.8 Å². The van der Waals surface area contributed by atoms with Crippen LogP contribution in [0.1, 0.15) is 97.8 Å². The fraction of sp³-hybridized carbons (Fsp3) is 0.500. The van der Waals surface area contributed by atoms with E-state index in [0.717, 1.165) is 36.3 Å². The van der Waals surface area contributed by atoms with E-state index >= 15 is 0 Å². The van der Waals surface area contributed by atoms with E-state index in [-0.39, 0.29) is 0 Å². The molecule has 0 heterocycles. The third-order valence-electron chi connectivity index (χ3n) is 6.64. The van der Waals surface area contributed by atoms with Gasteiger partial charge in [0.15, 0.2) is 11.6 Å². The Balaban J connectivity index is 0.000000172. The normalized spacial score (nSPS) is 17.2. The summed E-state index contributed by atoms with van der Waals surface area (Å²) >= 11 is 0. The molecule has 2 aromatic rings. The van der Waals surface area contributed by atoms with Gasteiger partial charge in [0.25, 0.3) is 0 Å². The number of benzene rings is 2. The van der Waals surface area contributed by atoms with Crippen LogP contribution in [-0.4, -0.2) is 11.6 Å². The molecular weight excluding hydrogens is 368 g/mol. The first kappa shape index (κ1) is 22.5. The zero-order valence-corrected chi connectivity index (χ0v) is 18.2. The van der Waals surface area contributed by atoms with Gasteiger partial charge in [0.05, 0.1) is 0 Å². The summed E-state index contributed by atoms with van der Waals surface area (Å²) in [7, 11) is 0. The van der Waals surface area contributed by atoms with Gasteiger partial charge < -0.3 is 0 Å². The smallest absolute Gasteiger partial charge is 0.163 e. The van der Waals surface area contributed by atoms with Gasteiger partial charge in [-0.25, -0.2) is 0 Å². The van der Waals surface area contributed by atoms with Crippen LogP contribution in [0.15, 0.2) is 60.7 Å². The van der Waals surface area contributed by atoms with Gasteiger partial charge in [0.2, 0.25) is 0 Å². The molecule has 2 nitrogen and oxygen atoms in total. The standard InChI is InChI=1S/C15H20O.C13H16O/c16-15(14-9-5-2-6-10-14)12-11-13-7-3-1-4-8-13;14-13(10-11-6-4-5-7-11)12-8-2-1-3-9-12/h2,5-6,9-10,13H,1,3-4,7-8,11-12H2;1-3,8-9,11H,4-7,10H2. The van der Waals surface area contributed by atoms with E-state index in [2.05, 4.69) is 0 Å². The zero-order valence-electron chi connectivity index (χ0n) is 18.2. The number of carbonyl (C=O) groups is 2. The van der Waals surface area contributed by atoms with E-state index in [1.807, 2.05) is 60.7 Å². The minimum Gasteiger partial charge on any atom is -0.294 e. The van der Waals surface area contributed by atoms with Gasteiger partial charge in [0, 0.05) is 24.0 Å². The lowest BCUT2D eigenvalue weighted by Crippen LogP contribution is -2.09. The molecule has 0 unspecified atom stereocenters. The van der Waals surface area contributed by atoms with Gasteiger partial charge in [-0.1, -0.05) is 118 Å². The molecule has 0 spiro atoms. The number of Topliss-reactive ketones (excluding diaryl/α,β-unsaturated/α-hetero) is 2. The Bertz CT molecular complexity index is 754. The number of ketones is 2. The third-order valence-corrected chi connectivity index (χ3v) is 6.64. The van der Waals surface area contributed by atoms with Gasteiger partial charge in [0.1, 0.15) is 0 Å². The Morgan fingerprint density at radius 2 is 1.07 bits per heavy atom. The molecule has 160 valence electrons. The second kappa shape index (κ2) is 12.5. The summed E-state index contributed by atoms with van der Waals surface area (Å²) in [4.78, 5) is 23.7. The highest BCUT2D eigenvalue weighted by atomic mass is 16.1. The summed E-state index contributed by atoms with van der Waals surface area (Å²) in [5, 5.41) is 0. The number of hydrogen-bond donors (Lipinski definition) is 0. The highest BCUT2D eigenvalue weighted by Gasteiger charge is 2.19. The molecule has 4 rings (SSSR count). The summed E-state index contributed by atoms with van der Waals surface area (Å²) < 4.78 is 0. The van der Waals surface area contributed by atoms with Crippen molar-refractivity contribution in [2.24, 2.45) is 11.8 Å². The van der Waals surface area contributed by atoms with Crippen LogP contribution in [0.3, 0.4) is 0 Å². The van der Waals surface area contributed by atoms with Crippen molar-refractivity contribution < 1.29 is 9.59 Å². The Morgan fingerprint density at radius 3 is 1.63 bits per heavy atom. The predicted molar refractivity (Wildman–Crippen MR) is 124 cm³/mol. The van der Waals surface area contributed by atoms with Crippen molar-refractivity contribution in [2.45, 2.75) is 77.0 Å². The van der Waals surface area contributed by atoms with Crippen LogP contribution in [0.2, 0.25) is 0 Å². The van der Waals surface area contributed by atoms with Gasteiger partial charge in [-0.2, -0.15) is 0 Å². The molecule has 0 radical (unpaired) electrons. The Labute approximate surface area is 182 Å². The van der Waals surface area contributed by atoms with Crippen molar-refractivity contribution in [1.29, 1.82) is 0 Å². The average Bonchev–Trinajstić information content (AvgIpc) is 3.33. The maximum Gasteiger partial charge on any atom is 0.163 e. The first-order chi connectivity index (χ1) is 14.7. The molecule has 0 aromatic heterocycles. The van der Waals surface area contributed by atoms with E-state index in [1.54, 1.807) is 0 Å². The topological polar surface area (TPSA) is 34.1 Å².